The number of benzene rings is 1. The van der Waals surface area contributed by atoms with E-state index in [2.05, 4.69) is 10.4 Å². The molecular weight excluding hydrogens is 354 g/mol. The maximum absolute atomic E-state index is 12.6. The van der Waals surface area contributed by atoms with Crippen LogP contribution in [0.2, 0.25) is 0 Å². The summed E-state index contributed by atoms with van der Waals surface area (Å²) in [5, 5.41) is 7.51. The first-order valence-corrected chi connectivity index (χ1v) is 9.74. The van der Waals surface area contributed by atoms with Crippen LogP contribution in [0.15, 0.2) is 46.9 Å². The molecule has 1 aromatic carbocycles. The van der Waals surface area contributed by atoms with Gasteiger partial charge in [0, 0.05) is 6.07 Å². The molecular formula is C22H25N3O3. The van der Waals surface area contributed by atoms with Gasteiger partial charge in [0.2, 0.25) is 0 Å². The lowest BCUT2D eigenvalue weighted by Gasteiger charge is -2.14. The van der Waals surface area contributed by atoms with Crippen molar-refractivity contribution in [1.29, 1.82) is 0 Å². The highest BCUT2D eigenvalue weighted by Gasteiger charge is 2.22. The van der Waals surface area contributed by atoms with Crippen molar-refractivity contribution in [3.63, 3.8) is 0 Å². The van der Waals surface area contributed by atoms with Crippen molar-refractivity contribution in [3.8, 4) is 5.75 Å². The third-order valence-corrected chi connectivity index (χ3v) is 5.03. The predicted molar refractivity (Wildman–Crippen MR) is 107 cm³/mol. The summed E-state index contributed by atoms with van der Waals surface area (Å²) in [6.07, 6.45) is 4.62. The SMILES string of the molecule is Cc1cccc(OCc2ccc(C(=O)Nc3cc(C)nn3C3CCCC3)o2)c1. The molecule has 1 fully saturated rings. The number of amides is 1. The molecule has 0 spiro atoms. The molecule has 1 aliphatic carbocycles. The predicted octanol–water partition coefficient (Wildman–Crippen LogP) is 5.04. The number of furan rings is 1. The lowest BCUT2D eigenvalue weighted by molar-refractivity contribution is 0.0991. The molecule has 1 saturated carbocycles. The number of hydrogen-bond acceptors (Lipinski definition) is 4. The van der Waals surface area contributed by atoms with Crippen LogP contribution < -0.4 is 10.1 Å². The summed E-state index contributed by atoms with van der Waals surface area (Å²) in [5.41, 5.74) is 2.03. The summed E-state index contributed by atoms with van der Waals surface area (Å²) in [6.45, 7) is 4.23. The molecule has 0 aliphatic heterocycles. The summed E-state index contributed by atoms with van der Waals surface area (Å²) in [6, 6.07) is 13.5. The number of aryl methyl sites for hydroxylation is 2. The zero-order valence-corrected chi connectivity index (χ0v) is 16.3. The van der Waals surface area contributed by atoms with Crippen LogP contribution in [0, 0.1) is 13.8 Å². The van der Waals surface area contributed by atoms with Gasteiger partial charge in [0.05, 0.1) is 11.7 Å². The highest BCUT2D eigenvalue weighted by molar-refractivity contribution is 6.01. The maximum Gasteiger partial charge on any atom is 0.292 e. The number of hydrogen-bond donors (Lipinski definition) is 1. The van der Waals surface area contributed by atoms with E-state index in [0.717, 1.165) is 35.7 Å². The van der Waals surface area contributed by atoms with Gasteiger partial charge in [0.15, 0.2) is 5.76 Å². The Hall–Kier alpha value is -3.02. The molecule has 1 N–H and O–H groups in total. The molecule has 0 atom stereocenters. The summed E-state index contributed by atoms with van der Waals surface area (Å²) < 4.78 is 13.4. The summed E-state index contributed by atoms with van der Waals surface area (Å²) >= 11 is 0. The largest absolute Gasteiger partial charge is 0.486 e. The third-order valence-electron chi connectivity index (χ3n) is 5.03. The van der Waals surface area contributed by atoms with Gasteiger partial charge in [0.1, 0.15) is 23.9 Å². The van der Waals surface area contributed by atoms with Crippen LogP contribution in [-0.2, 0) is 6.61 Å². The fourth-order valence-electron chi connectivity index (χ4n) is 3.65. The van der Waals surface area contributed by atoms with Crippen molar-refractivity contribution in [2.24, 2.45) is 0 Å². The topological polar surface area (TPSA) is 69.3 Å². The second-order valence-corrected chi connectivity index (χ2v) is 7.38. The van der Waals surface area contributed by atoms with E-state index in [9.17, 15) is 4.79 Å². The maximum atomic E-state index is 12.6. The van der Waals surface area contributed by atoms with Gasteiger partial charge in [-0.15, -0.1) is 0 Å². The minimum absolute atomic E-state index is 0.264. The minimum atomic E-state index is -0.277. The van der Waals surface area contributed by atoms with Crippen LogP contribution in [0.1, 0.15) is 59.3 Å². The average Bonchev–Trinajstić information content (AvgIpc) is 3.41. The van der Waals surface area contributed by atoms with Gasteiger partial charge in [-0.2, -0.15) is 5.10 Å². The van der Waals surface area contributed by atoms with E-state index in [4.69, 9.17) is 9.15 Å². The standard InChI is InChI=1S/C22H25N3O3/c1-15-6-5-9-18(12-15)27-14-19-10-11-20(28-19)22(26)23-21-13-16(2)24-25(21)17-7-3-4-8-17/h5-6,9-13,17H,3-4,7-8,14H2,1-2H3,(H,23,26). The number of nitrogens with one attached hydrogen (secondary N) is 1. The first-order valence-electron chi connectivity index (χ1n) is 9.74. The number of aromatic nitrogens is 2. The molecule has 0 saturated heterocycles. The quantitative estimate of drug-likeness (QED) is 0.651. The Morgan fingerprint density at radius 2 is 2.04 bits per heavy atom. The van der Waals surface area contributed by atoms with Gasteiger partial charge in [-0.1, -0.05) is 25.0 Å². The van der Waals surface area contributed by atoms with Crippen molar-refractivity contribution in [2.45, 2.75) is 52.2 Å². The highest BCUT2D eigenvalue weighted by Crippen LogP contribution is 2.32. The fraction of sp³-hybridized carbons (Fsp3) is 0.364. The second kappa shape index (κ2) is 7.92. The average molecular weight is 379 g/mol. The van der Waals surface area contributed by atoms with Crippen molar-refractivity contribution >= 4 is 11.7 Å². The Bertz CT molecular complexity index is 967. The number of carbonyl (C=O) groups is 1. The molecule has 0 bridgehead atoms. The Balaban J connectivity index is 1.41. The lowest BCUT2D eigenvalue weighted by atomic mass is 10.2. The van der Waals surface area contributed by atoms with Gasteiger partial charge in [-0.25, -0.2) is 4.68 Å². The van der Waals surface area contributed by atoms with Gasteiger partial charge >= 0.3 is 0 Å². The normalized spacial score (nSPS) is 14.4. The Kier molecular flexibility index (Phi) is 5.19. The van der Waals surface area contributed by atoms with E-state index >= 15 is 0 Å². The monoisotopic (exact) mass is 379 g/mol. The van der Waals surface area contributed by atoms with Crippen molar-refractivity contribution < 1.29 is 13.9 Å². The van der Waals surface area contributed by atoms with Crippen LogP contribution in [0.5, 0.6) is 5.75 Å². The molecule has 2 heterocycles. The van der Waals surface area contributed by atoms with Crippen LogP contribution >= 0.6 is 0 Å². The Labute approximate surface area is 164 Å². The summed E-state index contributed by atoms with van der Waals surface area (Å²) in [7, 11) is 0. The first kappa shape index (κ1) is 18.3. The number of nitrogens with zero attached hydrogens (tertiary/aromatic N) is 2. The zero-order chi connectivity index (χ0) is 19.5. The van der Waals surface area contributed by atoms with Gasteiger partial charge < -0.3 is 14.5 Å². The lowest BCUT2D eigenvalue weighted by Crippen LogP contribution is -2.17. The zero-order valence-electron chi connectivity index (χ0n) is 16.3. The van der Waals surface area contributed by atoms with E-state index in [0.29, 0.717) is 11.8 Å². The molecule has 2 aromatic heterocycles. The molecule has 0 unspecified atom stereocenters. The molecule has 146 valence electrons. The third kappa shape index (κ3) is 4.11. The number of rotatable bonds is 6. The van der Waals surface area contributed by atoms with Gasteiger partial charge in [-0.05, 0) is 56.5 Å². The summed E-state index contributed by atoms with van der Waals surface area (Å²) in [5.74, 6) is 2.09. The molecule has 6 nitrogen and oxygen atoms in total. The molecule has 6 heteroatoms. The van der Waals surface area contributed by atoms with Crippen LogP contribution in [0.3, 0.4) is 0 Å². The first-order chi connectivity index (χ1) is 13.6. The fourth-order valence-corrected chi connectivity index (χ4v) is 3.65. The van der Waals surface area contributed by atoms with E-state index < -0.39 is 0 Å². The van der Waals surface area contributed by atoms with E-state index in [1.54, 1.807) is 12.1 Å². The van der Waals surface area contributed by atoms with E-state index in [-0.39, 0.29) is 18.3 Å². The minimum Gasteiger partial charge on any atom is -0.486 e. The summed E-state index contributed by atoms with van der Waals surface area (Å²) in [4.78, 5) is 12.6. The van der Waals surface area contributed by atoms with Crippen LogP contribution in [-0.4, -0.2) is 15.7 Å². The molecule has 3 aromatic rings. The smallest absolute Gasteiger partial charge is 0.292 e. The number of anilines is 1. The van der Waals surface area contributed by atoms with Crippen molar-refractivity contribution in [3.05, 3.63) is 65.2 Å². The van der Waals surface area contributed by atoms with E-state index in [1.807, 2.05) is 48.9 Å². The molecule has 28 heavy (non-hydrogen) atoms. The molecule has 1 amide bonds. The van der Waals surface area contributed by atoms with E-state index in [1.165, 1.54) is 12.8 Å². The molecule has 0 radical (unpaired) electrons. The molecule has 4 rings (SSSR count). The second-order valence-electron chi connectivity index (χ2n) is 7.38. The Morgan fingerprint density at radius 3 is 2.82 bits per heavy atom. The van der Waals surface area contributed by atoms with Crippen molar-refractivity contribution in [1.82, 2.24) is 9.78 Å². The number of ether oxygens (including phenoxy) is 1. The Morgan fingerprint density at radius 1 is 1.21 bits per heavy atom. The van der Waals surface area contributed by atoms with Gasteiger partial charge in [0.25, 0.3) is 5.91 Å². The van der Waals surface area contributed by atoms with Gasteiger partial charge in [-0.3, -0.25) is 4.79 Å². The highest BCUT2D eigenvalue weighted by atomic mass is 16.5. The number of carbonyl (C=O) groups excluding carboxylic acids is 1. The van der Waals surface area contributed by atoms with Crippen molar-refractivity contribution in [2.75, 3.05) is 5.32 Å². The van der Waals surface area contributed by atoms with Crippen LogP contribution in [0.4, 0.5) is 5.82 Å². The molecule has 1 aliphatic rings. The van der Waals surface area contributed by atoms with Crippen LogP contribution in [0.25, 0.3) is 0 Å².